The number of halogens is 1. The fourth-order valence-electron chi connectivity index (χ4n) is 3.81. The Balaban J connectivity index is 1.72. The van der Waals surface area contributed by atoms with E-state index in [2.05, 4.69) is 37.3 Å². The molecule has 0 bridgehead atoms. The van der Waals surface area contributed by atoms with Crippen LogP contribution in [0.15, 0.2) is 55.0 Å². The molecule has 3 heterocycles. The van der Waals surface area contributed by atoms with Crippen molar-refractivity contribution < 1.29 is 13.9 Å². The molecule has 3 aromatic heterocycles. The second-order valence-electron chi connectivity index (χ2n) is 8.88. The second-order valence-corrected chi connectivity index (χ2v) is 8.88. The molecular formula is C26H30FN9O2. The molecule has 0 fully saturated rings. The van der Waals surface area contributed by atoms with E-state index in [9.17, 15) is 9.18 Å². The number of hydrogen-bond donors (Lipinski definition) is 2. The summed E-state index contributed by atoms with van der Waals surface area (Å²) in [5.41, 5.74) is 2.43. The third kappa shape index (κ3) is 5.70. The number of methoxy groups -OCH3 is 1. The monoisotopic (exact) mass is 519 g/mol. The minimum absolute atomic E-state index is 0.239. The van der Waals surface area contributed by atoms with Crippen molar-refractivity contribution in [1.29, 1.82) is 0 Å². The lowest BCUT2D eigenvalue weighted by atomic mass is 10.2. The maximum atomic E-state index is 13.6. The Bertz CT molecular complexity index is 1490. The Kier molecular flexibility index (Phi) is 7.82. The predicted molar refractivity (Wildman–Crippen MR) is 146 cm³/mol. The zero-order valence-corrected chi connectivity index (χ0v) is 22.0. The van der Waals surface area contributed by atoms with Crippen molar-refractivity contribution in [2.24, 2.45) is 0 Å². The number of likely N-dealkylation sites (N-methyl/N-ethyl adjacent to an activating group) is 2. The summed E-state index contributed by atoms with van der Waals surface area (Å²) in [6.07, 6.45) is 1.61. The van der Waals surface area contributed by atoms with Crippen molar-refractivity contribution in [3.63, 3.8) is 0 Å². The molecule has 0 aliphatic carbocycles. The number of pyridine rings is 1. The first kappa shape index (κ1) is 26.5. The molecule has 0 aliphatic heterocycles. The predicted octanol–water partition coefficient (Wildman–Crippen LogP) is 3.69. The summed E-state index contributed by atoms with van der Waals surface area (Å²) in [6.45, 7) is 6.35. The lowest BCUT2D eigenvalue weighted by molar-refractivity contribution is -0.114. The third-order valence-electron chi connectivity index (χ3n) is 5.78. The Morgan fingerprint density at radius 1 is 1.13 bits per heavy atom. The van der Waals surface area contributed by atoms with Crippen molar-refractivity contribution in [2.75, 3.05) is 56.9 Å². The maximum Gasteiger partial charge on any atom is 0.283 e. The molecule has 0 saturated carbocycles. The van der Waals surface area contributed by atoms with Crippen LogP contribution in [-0.2, 0) is 4.79 Å². The molecule has 0 aliphatic rings. The van der Waals surface area contributed by atoms with Gasteiger partial charge in [0, 0.05) is 37.8 Å². The van der Waals surface area contributed by atoms with E-state index >= 15 is 0 Å². The molecular weight excluding hydrogens is 489 g/mol. The van der Waals surface area contributed by atoms with E-state index in [-0.39, 0.29) is 17.5 Å². The van der Waals surface area contributed by atoms with Crippen LogP contribution in [0.25, 0.3) is 16.7 Å². The normalized spacial score (nSPS) is 11.0. The minimum atomic E-state index is -1.12. The Morgan fingerprint density at radius 2 is 1.89 bits per heavy atom. The van der Waals surface area contributed by atoms with Crippen molar-refractivity contribution in [3.05, 3.63) is 60.7 Å². The average Bonchev–Trinajstić information content (AvgIpc) is 3.24. The molecule has 11 nitrogen and oxygen atoms in total. The van der Waals surface area contributed by atoms with Gasteiger partial charge in [-0.25, -0.2) is 14.1 Å². The summed E-state index contributed by atoms with van der Waals surface area (Å²) < 4.78 is 20.8. The van der Waals surface area contributed by atoms with Crippen LogP contribution in [0.4, 0.5) is 27.5 Å². The SMILES string of the molecule is C=C(F)C(=O)Nc1cc(Nc2nccc(-n3nc(C)c4ccccc43)n2)c(OC)nc1N(C)CCN(C)C. The number of para-hydroxylation sites is 1. The quantitative estimate of drug-likeness (QED) is 0.303. The number of benzene rings is 1. The van der Waals surface area contributed by atoms with E-state index in [4.69, 9.17) is 4.74 Å². The fraction of sp³-hybridized carbons (Fsp3) is 0.269. The van der Waals surface area contributed by atoms with Gasteiger partial charge in [0.25, 0.3) is 5.91 Å². The van der Waals surface area contributed by atoms with Gasteiger partial charge in [0.15, 0.2) is 17.5 Å². The highest BCUT2D eigenvalue weighted by atomic mass is 19.1. The van der Waals surface area contributed by atoms with E-state index in [0.29, 0.717) is 23.9 Å². The lowest BCUT2D eigenvalue weighted by Gasteiger charge is -2.24. The van der Waals surface area contributed by atoms with E-state index in [1.54, 1.807) is 23.0 Å². The number of nitrogens with one attached hydrogen (secondary N) is 2. The van der Waals surface area contributed by atoms with Crippen LogP contribution in [0, 0.1) is 6.92 Å². The second kappa shape index (κ2) is 11.2. The van der Waals surface area contributed by atoms with E-state index in [1.807, 2.05) is 62.1 Å². The molecule has 4 rings (SSSR count). The number of aryl methyl sites for hydroxylation is 1. The van der Waals surface area contributed by atoms with Crippen LogP contribution in [0.2, 0.25) is 0 Å². The maximum absolute atomic E-state index is 13.6. The van der Waals surface area contributed by atoms with Crippen LogP contribution < -0.4 is 20.3 Å². The molecule has 0 saturated heterocycles. The van der Waals surface area contributed by atoms with E-state index in [1.165, 1.54) is 7.11 Å². The van der Waals surface area contributed by atoms with Crippen molar-refractivity contribution >= 4 is 40.0 Å². The summed E-state index contributed by atoms with van der Waals surface area (Å²) in [4.78, 5) is 29.5. The number of carbonyl (C=O) groups is 1. The molecule has 2 N–H and O–H groups in total. The van der Waals surface area contributed by atoms with Gasteiger partial charge >= 0.3 is 0 Å². The molecule has 12 heteroatoms. The summed E-state index contributed by atoms with van der Waals surface area (Å²) in [5.74, 6) is -0.638. The molecule has 198 valence electrons. The minimum Gasteiger partial charge on any atom is -0.479 e. The first-order valence-corrected chi connectivity index (χ1v) is 11.8. The molecule has 4 aromatic rings. The van der Waals surface area contributed by atoms with Gasteiger partial charge in [-0.3, -0.25) is 4.79 Å². The van der Waals surface area contributed by atoms with E-state index in [0.717, 1.165) is 23.1 Å². The van der Waals surface area contributed by atoms with Gasteiger partial charge in [0.2, 0.25) is 11.8 Å². The van der Waals surface area contributed by atoms with Crippen LogP contribution in [0.5, 0.6) is 5.88 Å². The van der Waals surface area contributed by atoms with Crippen LogP contribution in [-0.4, -0.2) is 76.9 Å². The van der Waals surface area contributed by atoms with Gasteiger partial charge in [0.1, 0.15) is 5.69 Å². The Morgan fingerprint density at radius 3 is 2.61 bits per heavy atom. The van der Waals surface area contributed by atoms with Gasteiger partial charge in [-0.1, -0.05) is 24.8 Å². The molecule has 0 unspecified atom stereocenters. The highest BCUT2D eigenvalue weighted by Gasteiger charge is 2.20. The van der Waals surface area contributed by atoms with Crippen LogP contribution in [0.3, 0.4) is 0 Å². The summed E-state index contributed by atoms with van der Waals surface area (Å²) >= 11 is 0. The van der Waals surface area contributed by atoms with Gasteiger partial charge in [-0.05, 0) is 33.2 Å². The van der Waals surface area contributed by atoms with Crippen molar-refractivity contribution in [3.8, 4) is 11.7 Å². The third-order valence-corrected chi connectivity index (χ3v) is 5.78. The molecule has 0 atom stereocenters. The smallest absolute Gasteiger partial charge is 0.283 e. The highest BCUT2D eigenvalue weighted by molar-refractivity contribution is 6.03. The summed E-state index contributed by atoms with van der Waals surface area (Å²) in [6, 6.07) is 11.2. The van der Waals surface area contributed by atoms with Crippen LogP contribution >= 0.6 is 0 Å². The van der Waals surface area contributed by atoms with Gasteiger partial charge in [0.05, 0.1) is 24.0 Å². The first-order chi connectivity index (χ1) is 18.2. The van der Waals surface area contributed by atoms with Gasteiger partial charge in [-0.15, -0.1) is 0 Å². The van der Waals surface area contributed by atoms with Crippen molar-refractivity contribution in [1.82, 2.24) is 29.6 Å². The largest absolute Gasteiger partial charge is 0.479 e. The summed E-state index contributed by atoms with van der Waals surface area (Å²) in [5, 5.41) is 11.3. The number of amides is 1. The standard InChI is InChI=1S/C26H30FN9O2/c1-16(27)24(37)29-19-15-20(25(38-6)32-23(19)35(5)14-13-34(3)4)30-26-28-12-11-22(31-26)36-21-10-8-7-9-18(21)17(2)33-36/h7-12,15H,1,13-14H2,2-6H3,(H,29,37)(H,28,30,31). The number of fused-ring (bicyclic) bond motifs is 1. The topological polar surface area (TPSA) is 113 Å². The zero-order valence-electron chi connectivity index (χ0n) is 22.0. The highest BCUT2D eigenvalue weighted by Crippen LogP contribution is 2.34. The number of nitrogens with zero attached hydrogens (tertiary/aromatic N) is 7. The fourth-order valence-corrected chi connectivity index (χ4v) is 3.81. The van der Waals surface area contributed by atoms with Gasteiger partial charge in [-0.2, -0.15) is 15.1 Å². The number of rotatable bonds is 10. The van der Waals surface area contributed by atoms with E-state index < -0.39 is 11.7 Å². The number of anilines is 4. The molecule has 38 heavy (non-hydrogen) atoms. The summed E-state index contributed by atoms with van der Waals surface area (Å²) in [7, 11) is 7.20. The number of carbonyl (C=O) groups excluding carboxylic acids is 1. The number of ether oxygens (including phenoxy) is 1. The van der Waals surface area contributed by atoms with Gasteiger partial charge < -0.3 is 25.2 Å². The lowest BCUT2D eigenvalue weighted by Crippen LogP contribution is -2.30. The molecule has 1 aromatic carbocycles. The Labute approximate surface area is 220 Å². The molecule has 0 spiro atoms. The van der Waals surface area contributed by atoms with Crippen LogP contribution in [0.1, 0.15) is 5.69 Å². The average molecular weight is 520 g/mol. The Hall–Kier alpha value is -4.58. The number of aromatic nitrogens is 5. The number of hydrogen-bond acceptors (Lipinski definition) is 9. The van der Waals surface area contributed by atoms with Crippen molar-refractivity contribution in [2.45, 2.75) is 6.92 Å². The zero-order chi connectivity index (χ0) is 27.4. The first-order valence-electron chi connectivity index (χ1n) is 11.8. The molecule has 0 radical (unpaired) electrons. The molecule has 1 amide bonds.